The molecule has 6 nitrogen and oxygen atoms in total. The van der Waals surface area contributed by atoms with Crippen molar-refractivity contribution in [3.8, 4) is 0 Å². The van der Waals surface area contributed by atoms with E-state index >= 15 is 0 Å². The maximum atomic E-state index is 12.1. The second kappa shape index (κ2) is 4.75. The zero-order valence-corrected chi connectivity index (χ0v) is 11.1. The molecular formula is C9H16N2O4S2. The van der Waals surface area contributed by atoms with Gasteiger partial charge in [-0.25, -0.2) is 0 Å². The first kappa shape index (κ1) is 13.1. The van der Waals surface area contributed by atoms with Crippen LogP contribution in [0.2, 0.25) is 0 Å². The number of rotatable bonds is 5. The van der Waals surface area contributed by atoms with Crippen LogP contribution in [0.1, 0.15) is 26.2 Å². The maximum absolute atomic E-state index is 12.1. The molecule has 0 radical (unpaired) electrons. The Morgan fingerprint density at radius 2 is 2.18 bits per heavy atom. The third kappa shape index (κ3) is 2.75. The summed E-state index contributed by atoms with van der Waals surface area (Å²) >= 11 is 1.39. The molecule has 1 aliphatic heterocycles. The molecule has 98 valence electrons. The fourth-order valence-corrected chi connectivity index (χ4v) is 5.41. The Labute approximate surface area is 105 Å². The SMILES string of the molecule is CCC1SCC(C(=O)O)N1S(=O)(=O)NC1CC1. The number of aliphatic carboxylic acids is 1. The van der Waals surface area contributed by atoms with Crippen LogP contribution in [0.15, 0.2) is 0 Å². The number of hydrogen-bond donors (Lipinski definition) is 2. The molecule has 0 aromatic carbocycles. The summed E-state index contributed by atoms with van der Waals surface area (Å²) in [7, 11) is -3.67. The Balaban J connectivity index is 2.20. The number of nitrogens with one attached hydrogen (secondary N) is 1. The van der Waals surface area contributed by atoms with Gasteiger partial charge in [0.1, 0.15) is 6.04 Å². The van der Waals surface area contributed by atoms with Crippen LogP contribution >= 0.6 is 11.8 Å². The standard InChI is InChI=1S/C9H16N2O4S2/c1-2-8-11(7(5-16-8)9(12)13)17(14,15)10-6-3-4-6/h6-8,10H,2-5H2,1H3,(H,12,13). The molecule has 2 rings (SSSR count). The quantitative estimate of drug-likeness (QED) is 0.752. The van der Waals surface area contributed by atoms with Crippen molar-refractivity contribution in [3.05, 3.63) is 0 Å². The Kier molecular flexibility index (Phi) is 3.67. The van der Waals surface area contributed by atoms with E-state index in [1.807, 2.05) is 6.92 Å². The van der Waals surface area contributed by atoms with Crippen LogP contribution in [-0.2, 0) is 15.0 Å². The van der Waals surface area contributed by atoms with Gasteiger partial charge in [0.05, 0.1) is 5.37 Å². The lowest BCUT2D eigenvalue weighted by Gasteiger charge is -2.25. The molecule has 2 fully saturated rings. The first-order valence-corrected chi connectivity index (χ1v) is 8.09. The van der Waals surface area contributed by atoms with Crippen molar-refractivity contribution in [2.45, 2.75) is 43.6 Å². The molecule has 17 heavy (non-hydrogen) atoms. The highest BCUT2D eigenvalue weighted by molar-refractivity contribution is 8.01. The van der Waals surface area contributed by atoms with Crippen LogP contribution < -0.4 is 4.72 Å². The summed E-state index contributed by atoms with van der Waals surface area (Å²) in [5.41, 5.74) is 0. The molecule has 2 atom stereocenters. The lowest BCUT2D eigenvalue weighted by molar-refractivity contribution is -0.140. The Hall–Kier alpha value is -0.310. The topological polar surface area (TPSA) is 86.7 Å². The van der Waals surface area contributed by atoms with Crippen LogP contribution in [0.3, 0.4) is 0 Å². The molecule has 1 heterocycles. The fraction of sp³-hybridized carbons (Fsp3) is 0.889. The summed E-state index contributed by atoms with van der Waals surface area (Å²) in [6.45, 7) is 1.86. The minimum absolute atomic E-state index is 0.00227. The van der Waals surface area contributed by atoms with Crippen molar-refractivity contribution in [2.75, 3.05) is 5.75 Å². The van der Waals surface area contributed by atoms with E-state index in [1.165, 1.54) is 11.8 Å². The third-order valence-electron chi connectivity index (χ3n) is 2.84. The van der Waals surface area contributed by atoms with Gasteiger partial charge in [0, 0.05) is 11.8 Å². The van der Waals surface area contributed by atoms with Crippen molar-refractivity contribution < 1.29 is 18.3 Å². The summed E-state index contributed by atoms with van der Waals surface area (Å²) in [4.78, 5) is 11.1. The van der Waals surface area contributed by atoms with E-state index < -0.39 is 22.2 Å². The molecule has 0 bridgehead atoms. The number of thioether (sulfide) groups is 1. The number of nitrogens with zero attached hydrogens (tertiary/aromatic N) is 1. The predicted molar refractivity (Wildman–Crippen MR) is 64.9 cm³/mol. The average Bonchev–Trinajstić information content (AvgIpc) is 2.92. The molecule has 0 aromatic rings. The van der Waals surface area contributed by atoms with E-state index in [0.717, 1.165) is 17.1 Å². The molecule has 0 spiro atoms. The Bertz CT molecular complexity index is 407. The second-order valence-electron chi connectivity index (χ2n) is 4.28. The third-order valence-corrected chi connectivity index (χ3v) is 6.12. The zero-order chi connectivity index (χ0) is 12.6. The van der Waals surface area contributed by atoms with Gasteiger partial charge in [-0.3, -0.25) is 4.79 Å². The zero-order valence-electron chi connectivity index (χ0n) is 9.50. The van der Waals surface area contributed by atoms with Gasteiger partial charge in [-0.05, 0) is 19.3 Å². The van der Waals surface area contributed by atoms with Crippen molar-refractivity contribution in [2.24, 2.45) is 0 Å². The average molecular weight is 280 g/mol. The van der Waals surface area contributed by atoms with E-state index in [-0.39, 0.29) is 11.4 Å². The summed E-state index contributed by atoms with van der Waals surface area (Å²) in [5, 5.41) is 8.79. The molecule has 1 saturated carbocycles. The second-order valence-corrected chi connectivity index (χ2v) is 7.10. The number of carboxylic acid groups (broad SMARTS) is 1. The van der Waals surface area contributed by atoms with Gasteiger partial charge in [0.2, 0.25) is 0 Å². The van der Waals surface area contributed by atoms with E-state index in [1.54, 1.807) is 0 Å². The normalized spacial score (nSPS) is 30.6. The Morgan fingerprint density at radius 3 is 2.65 bits per heavy atom. The molecule has 1 saturated heterocycles. The minimum atomic E-state index is -3.67. The summed E-state index contributed by atoms with van der Waals surface area (Å²) in [6, 6.07) is -0.946. The first-order chi connectivity index (χ1) is 7.95. The van der Waals surface area contributed by atoms with Gasteiger partial charge in [0.25, 0.3) is 10.2 Å². The van der Waals surface area contributed by atoms with Crippen molar-refractivity contribution in [1.29, 1.82) is 0 Å². The van der Waals surface area contributed by atoms with Gasteiger partial charge < -0.3 is 5.11 Å². The lowest BCUT2D eigenvalue weighted by Crippen LogP contribution is -2.50. The summed E-state index contributed by atoms with van der Waals surface area (Å²) in [5.74, 6) is -0.756. The monoisotopic (exact) mass is 280 g/mol. The molecule has 2 aliphatic rings. The molecule has 2 unspecified atom stereocenters. The highest BCUT2D eigenvalue weighted by Gasteiger charge is 2.46. The van der Waals surface area contributed by atoms with E-state index in [0.29, 0.717) is 12.2 Å². The van der Waals surface area contributed by atoms with Gasteiger partial charge in [-0.2, -0.15) is 17.4 Å². The molecular weight excluding hydrogens is 264 g/mol. The number of hydrogen-bond acceptors (Lipinski definition) is 4. The highest BCUT2D eigenvalue weighted by atomic mass is 32.2. The molecule has 2 N–H and O–H groups in total. The molecule has 0 amide bonds. The van der Waals surface area contributed by atoms with Gasteiger partial charge in [0.15, 0.2) is 0 Å². The van der Waals surface area contributed by atoms with E-state index in [4.69, 9.17) is 5.11 Å². The van der Waals surface area contributed by atoms with Crippen LogP contribution in [0.4, 0.5) is 0 Å². The van der Waals surface area contributed by atoms with Crippen LogP contribution in [0.5, 0.6) is 0 Å². The Morgan fingerprint density at radius 1 is 1.53 bits per heavy atom. The van der Waals surface area contributed by atoms with E-state index in [9.17, 15) is 13.2 Å². The highest BCUT2D eigenvalue weighted by Crippen LogP contribution is 2.34. The fourth-order valence-electron chi connectivity index (χ4n) is 1.82. The van der Waals surface area contributed by atoms with Gasteiger partial charge in [-0.15, -0.1) is 11.8 Å². The van der Waals surface area contributed by atoms with E-state index in [2.05, 4.69) is 4.72 Å². The minimum Gasteiger partial charge on any atom is -0.480 e. The van der Waals surface area contributed by atoms with Gasteiger partial charge in [-0.1, -0.05) is 6.92 Å². The number of carbonyl (C=O) groups is 1. The molecule has 0 aromatic heterocycles. The maximum Gasteiger partial charge on any atom is 0.322 e. The molecule has 8 heteroatoms. The van der Waals surface area contributed by atoms with Crippen LogP contribution in [-0.4, -0.2) is 47.0 Å². The van der Waals surface area contributed by atoms with Crippen molar-refractivity contribution in [3.63, 3.8) is 0 Å². The number of carboxylic acids is 1. The van der Waals surface area contributed by atoms with Crippen molar-refractivity contribution in [1.82, 2.24) is 9.03 Å². The summed E-state index contributed by atoms with van der Waals surface area (Å²) < 4.78 is 27.9. The van der Waals surface area contributed by atoms with Crippen molar-refractivity contribution >= 4 is 27.9 Å². The largest absolute Gasteiger partial charge is 0.480 e. The van der Waals surface area contributed by atoms with Crippen LogP contribution in [0, 0.1) is 0 Å². The summed E-state index contributed by atoms with van der Waals surface area (Å²) in [6.07, 6.45) is 2.30. The predicted octanol–water partition coefficient (Wildman–Crippen LogP) is 0.221. The molecule has 1 aliphatic carbocycles. The lowest BCUT2D eigenvalue weighted by atomic mass is 10.3. The van der Waals surface area contributed by atoms with Gasteiger partial charge >= 0.3 is 5.97 Å². The van der Waals surface area contributed by atoms with Crippen LogP contribution in [0.25, 0.3) is 0 Å². The first-order valence-electron chi connectivity index (χ1n) is 5.61. The smallest absolute Gasteiger partial charge is 0.322 e.